The molecule has 0 spiro atoms. The number of hydrogen-bond acceptors (Lipinski definition) is 4. The van der Waals surface area contributed by atoms with Gasteiger partial charge in [-0.15, -0.1) is 0 Å². The Morgan fingerprint density at radius 1 is 0.900 bits per heavy atom. The number of amides is 3. The van der Waals surface area contributed by atoms with E-state index in [1.54, 1.807) is 30.6 Å². The second-order valence-electron chi connectivity index (χ2n) is 9.68. The van der Waals surface area contributed by atoms with E-state index >= 15 is 0 Å². The second-order valence-corrected chi connectivity index (χ2v) is 9.68. The summed E-state index contributed by atoms with van der Waals surface area (Å²) in [7, 11) is 0. The number of piperazine rings is 1. The Morgan fingerprint density at radius 3 is 1.93 bits per heavy atom. The van der Waals surface area contributed by atoms with Gasteiger partial charge in [0.05, 0.1) is 0 Å². The first kappa shape index (κ1) is 23.7. The van der Waals surface area contributed by atoms with E-state index in [0.717, 1.165) is 0 Å². The Balaban J connectivity index is 1.78. The van der Waals surface area contributed by atoms with E-state index in [2.05, 4.69) is 26.1 Å². The van der Waals surface area contributed by atoms with Crippen molar-refractivity contribution in [2.24, 2.45) is 0 Å². The molecule has 1 heterocycles. The maximum atomic E-state index is 12.8. The number of ether oxygens (including phenoxy) is 1. The van der Waals surface area contributed by atoms with Gasteiger partial charge in [-0.1, -0.05) is 32.9 Å². The number of rotatable bonds is 4. The molecule has 0 aliphatic carbocycles. The van der Waals surface area contributed by atoms with E-state index < -0.39 is 11.7 Å². The molecule has 2 rings (SSSR count). The highest BCUT2D eigenvalue weighted by Gasteiger charge is 2.25. The van der Waals surface area contributed by atoms with E-state index in [-0.39, 0.29) is 30.2 Å². The van der Waals surface area contributed by atoms with Crippen molar-refractivity contribution in [1.29, 1.82) is 0 Å². The summed E-state index contributed by atoms with van der Waals surface area (Å²) in [6, 6.07) is 7.76. The van der Waals surface area contributed by atoms with Gasteiger partial charge in [0.1, 0.15) is 5.60 Å². The van der Waals surface area contributed by atoms with Gasteiger partial charge in [0.15, 0.2) is 0 Å². The van der Waals surface area contributed by atoms with Crippen molar-refractivity contribution in [3.63, 3.8) is 0 Å². The van der Waals surface area contributed by atoms with Crippen LogP contribution in [-0.4, -0.2) is 66.0 Å². The van der Waals surface area contributed by atoms with Gasteiger partial charge in [0, 0.05) is 44.7 Å². The number of benzene rings is 1. The van der Waals surface area contributed by atoms with Gasteiger partial charge >= 0.3 is 6.09 Å². The van der Waals surface area contributed by atoms with Crippen LogP contribution in [0.15, 0.2) is 24.3 Å². The van der Waals surface area contributed by atoms with Crippen molar-refractivity contribution < 1.29 is 19.1 Å². The Hall–Kier alpha value is -2.57. The second kappa shape index (κ2) is 9.49. The monoisotopic (exact) mass is 417 g/mol. The molecule has 1 aliphatic rings. The normalized spacial score (nSPS) is 15.0. The van der Waals surface area contributed by atoms with Gasteiger partial charge in [0.25, 0.3) is 5.91 Å². The molecule has 1 aromatic carbocycles. The summed E-state index contributed by atoms with van der Waals surface area (Å²) in [5.41, 5.74) is 1.34. The lowest BCUT2D eigenvalue weighted by atomic mass is 9.86. The molecule has 7 nitrogen and oxygen atoms in total. The molecule has 30 heavy (non-hydrogen) atoms. The Kier molecular flexibility index (Phi) is 7.50. The predicted octanol–water partition coefficient (Wildman–Crippen LogP) is 3.18. The quantitative estimate of drug-likeness (QED) is 0.816. The van der Waals surface area contributed by atoms with Crippen LogP contribution in [0.2, 0.25) is 0 Å². The first-order chi connectivity index (χ1) is 13.9. The Labute approximate surface area is 179 Å². The van der Waals surface area contributed by atoms with Crippen molar-refractivity contribution in [2.45, 2.75) is 59.0 Å². The number of alkyl carbamates (subject to hydrolysis) is 1. The molecule has 1 saturated heterocycles. The molecule has 0 atom stereocenters. The fourth-order valence-corrected chi connectivity index (χ4v) is 3.20. The third-order valence-electron chi connectivity index (χ3n) is 4.92. The van der Waals surface area contributed by atoms with E-state index in [1.165, 1.54) is 5.56 Å². The largest absolute Gasteiger partial charge is 0.444 e. The highest BCUT2D eigenvalue weighted by molar-refractivity contribution is 5.94. The molecular formula is C23H35N3O4. The fourth-order valence-electron chi connectivity index (χ4n) is 3.20. The fraction of sp³-hybridized carbons (Fsp3) is 0.609. The number of nitrogens with zero attached hydrogens (tertiary/aromatic N) is 2. The first-order valence-corrected chi connectivity index (χ1v) is 10.5. The summed E-state index contributed by atoms with van der Waals surface area (Å²) in [5, 5.41) is 2.60. The minimum absolute atomic E-state index is 0.00542. The Morgan fingerprint density at radius 2 is 1.43 bits per heavy atom. The molecule has 0 aromatic heterocycles. The lowest BCUT2D eigenvalue weighted by molar-refractivity contribution is -0.132. The highest BCUT2D eigenvalue weighted by atomic mass is 16.6. The SMILES string of the molecule is CC(C)(C)OC(=O)NCCC(=O)N1CCN(C(=O)c2ccc(C(C)(C)C)cc2)CC1. The zero-order chi connectivity index (χ0) is 22.5. The molecule has 0 radical (unpaired) electrons. The minimum atomic E-state index is -0.565. The average Bonchev–Trinajstić information content (AvgIpc) is 2.65. The van der Waals surface area contributed by atoms with Gasteiger partial charge in [0.2, 0.25) is 5.91 Å². The number of carbonyl (C=O) groups is 3. The van der Waals surface area contributed by atoms with E-state index in [0.29, 0.717) is 31.7 Å². The zero-order valence-corrected chi connectivity index (χ0v) is 19.1. The number of hydrogen-bond donors (Lipinski definition) is 1. The van der Waals surface area contributed by atoms with Crippen LogP contribution in [0, 0.1) is 0 Å². The molecule has 3 amide bonds. The molecule has 1 fully saturated rings. The van der Waals surface area contributed by atoms with Crippen molar-refractivity contribution in [3.8, 4) is 0 Å². The van der Waals surface area contributed by atoms with Crippen molar-refractivity contribution in [1.82, 2.24) is 15.1 Å². The molecule has 7 heteroatoms. The number of carbonyl (C=O) groups excluding carboxylic acids is 3. The summed E-state index contributed by atoms with van der Waals surface area (Å²) >= 11 is 0. The molecule has 1 N–H and O–H groups in total. The average molecular weight is 418 g/mol. The van der Waals surface area contributed by atoms with Gasteiger partial charge in [-0.3, -0.25) is 9.59 Å². The molecule has 1 aromatic rings. The van der Waals surface area contributed by atoms with Crippen LogP contribution >= 0.6 is 0 Å². The third kappa shape index (κ3) is 7.04. The standard InChI is InChI=1S/C23H35N3O4/c1-22(2,3)18-9-7-17(8-10-18)20(28)26-15-13-25(14-16-26)19(27)11-12-24-21(29)30-23(4,5)6/h7-10H,11-16H2,1-6H3,(H,24,29). The summed E-state index contributed by atoms with van der Waals surface area (Å²) in [4.78, 5) is 40.3. The van der Waals surface area contributed by atoms with Gasteiger partial charge in [-0.2, -0.15) is 0 Å². The summed E-state index contributed by atoms with van der Waals surface area (Å²) < 4.78 is 5.15. The lowest BCUT2D eigenvalue weighted by Gasteiger charge is -2.35. The molecular weight excluding hydrogens is 382 g/mol. The zero-order valence-electron chi connectivity index (χ0n) is 19.1. The molecule has 1 aliphatic heterocycles. The predicted molar refractivity (Wildman–Crippen MR) is 116 cm³/mol. The summed E-state index contributed by atoms with van der Waals surface area (Å²) in [5.74, 6) is -0.0400. The maximum absolute atomic E-state index is 12.8. The van der Waals surface area contributed by atoms with Crippen LogP contribution in [0.5, 0.6) is 0 Å². The maximum Gasteiger partial charge on any atom is 0.407 e. The van der Waals surface area contributed by atoms with Gasteiger partial charge < -0.3 is 19.9 Å². The first-order valence-electron chi connectivity index (χ1n) is 10.5. The van der Waals surface area contributed by atoms with Crippen LogP contribution in [0.1, 0.15) is 63.9 Å². The van der Waals surface area contributed by atoms with Crippen LogP contribution in [-0.2, 0) is 14.9 Å². The molecule has 0 unspecified atom stereocenters. The minimum Gasteiger partial charge on any atom is -0.444 e. The van der Waals surface area contributed by atoms with E-state index in [4.69, 9.17) is 4.74 Å². The van der Waals surface area contributed by atoms with Crippen molar-refractivity contribution in [3.05, 3.63) is 35.4 Å². The smallest absolute Gasteiger partial charge is 0.407 e. The summed E-state index contributed by atoms with van der Waals surface area (Å²) in [6.07, 6.45) is -0.315. The van der Waals surface area contributed by atoms with Crippen molar-refractivity contribution >= 4 is 17.9 Å². The number of nitrogens with one attached hydrogen (secondary N) is 1. The van der Waals surface area contributed by atoms with Crippen LogP contribution in [0.3, 0.4) is 0 Å². The van der Waals surface area contributed by atoms with Gasteiger partial charge in [-0.25, -0.2) is 4.79 Å². The van der Waals surface area contributed by atoms with Crippen molar-refractivity contribution in [2.75, 3.05) is 32.7 Å². The summed E-state index contributed by atoms with van der Waals surface area (Å²) in [6.45, 7) is 14.0. The Bertz CT molecular complexity index is 752. The van der Waals surface area contributed by atoms with Crippen LogP contribution in [0.4, 0.5) is 4.79 Å². The molecule has 0 saturated carbocycles. The van der Waals surface area contributed by atoms with Crippen LogP contribution < -0.4 is 5.32 Å². The van der Waals surface area contributed by atoms with Gasteiger partial charge in [-0.05, 0) is 43.9 Å². The van der Waals surface area contributed by atoms with E-state index in [1.807, 2.05) is 24.3 Å². The van der Waals surface area contributed by atoms with E-state index in [9.17, 15) is 14.4 Å². The third-order valence-corrected chi connectivity index (χ3v) is 4.92. The lowest BCUT2D eigenvalue weighted by Crippen LogP contribution is -2.51. The topological polar surface area (TPSA) is 79.0 Å². The molecule has 166 valence electrons. The molecule has 0 bridgehead atoms. The van der Waals surface area contributed by atoms with Crippen LogP contribution in [0.25, 0.3) is 0 Å². The highest BCUT2D eigenvalue weighted by Crippen LogP contribution is 2.22.